The van der Waals surface area contributed by atoms with E-state index in [0.29, 0.717) is 0 Å². The number of aryl methyl sites for hydroxylation is 1. The fourth-order valence-corrected chi connectivity index (χ4v) is 6.47. The Morgan fingerprint density at radius 2 is 1.92 bits per heavy atom. The monoisotopic (exact) mass is 694 g/mol. The number of esters is 1. The average molecular weight is 695 g/mol. The highest BCUT2D eigenvalue weighted by Gasteiger charge is 2.56. The number of unbranched alkanes of at least 4 members (excludes halogenated alkanes) is 2. The van der Waals surface area contributed by atoms with Crippen LogP contribution in [0.25, 0.3) is 11.2 Å². The van der Waals surface area contributed by atoms with E-state index in [2.05, 4.69) is 20.0 Å². The number of ether oxygens (including phenoxy) is 3. The molecule has 0 radical (unpaired) electrons. The van der Waals surface area contributed by atoms with Gasteiger partial charge in [0.25, 0.3) is 0 Å². The summed E-state index contributed by atoms with van der Waals surface area (Å²) in [5.41, 5.74) is -2.10. The molecule has 0 spiro atoms. The van der Waals surface area contributed by atoms with E-state index >= 15 is 4.39 Å². The number of halogens is 1. The van der Waals surface area contributed by atoms with Crippen LogP contribution in [0.4, 0.5) is 15.0 Å². The average Bonchev–Trinajstić information content (AvgIpc) is 3.54. The molecular weight excluding hydrogens is 650 g/mol. The second-order valence-corrected chi connectivity index (χ2v) is 13.6. The SMILES string of the molecule is CCCCCOC(=O)N(C)c1nc(C)nc2c1ncn2[C@@H]1O[C@H](CO[P@](=O)(N[C@@H](C)C(=O)OC(C)C)Oc2ccccc2)[C@@H](O)[C@@]1(C)F. The molecule has 1 aliphatic heterocycles. The van der Waals surface area contributed by atoms with Crippen molar-refractivity contribution in [2.45, 2.75) is 97.1 Å². The number of aliphatic hydroxyl groups is 1. The Hall–Kier alpha value is -3.69. The zero-order valence-electron chi connectivity index (χ0n) is 28.2. The van der Waals surface area contributed by atoms with Gasteiger partial charge in [0.1, 0.15) is 29.8 Å². The minimum Gasteiger partial charge on any atom is -0.462 e. The fraction of sp³-hybridized carbons (Fsp3) is 0.581. The first-order valence-corrected chi connectivity index (χ1v) is 17.3. The smallest absolute Gasteiger partial charge is 0.459 e. The zero-order valence-corrected chi connectivity index (χ0v) is 29.1. The lowest BCUT2D eigenvalue weighted by atomic mass is 9.98. The number of para-hydroxylation sites is 1. The maximum absolute atomic E-state index is 16.3. The first-order valence-electron chi connectivity index (χ1n) is 15.8. The minimum atomic E-state index is -4.33. The maximum Gasteiger partial charge on any atom is 0.459 e. The van der Waals surface area contributed by atoms with Crippen molar-refractivity contribution >= 4 is 36.8 Å². The molecule has 4 rings (SSSR count). The molecule has 0 saturated carbocycles. The van der Waals surface area contributed by atoms with Crippen LogP contribution in [0.5, 0.6) is 5.75 Å². The Morgan fingerprint density at radius 3 is 2.58 bits per heavy atom. The quantitative estimate of drug-likeness (QED) is 0.123. The summed E-state index contributed by atoms with van der Waals surface area (Å²) >= 11 is 0. The van der Waals surface area contributed by atoms with E-state index in [0.717, 1.165) is 26.2 Å². The van der Waals surface area contributed by atoms with Crippen molar-refractivity contribution in [3.63, 3.8) is 0 Å². The van der Waals surface area contributed by atoms with Gasteiger partial charge in [-0.05, 0) is 53.2 Å². The molecule has 264 valence electrons. The summed E-state index contributed by atoms with van der Waals surface area (Å²) in [5.74, 6) is -0.118. The highest BCUT2D eigenvalue weighted by Crippen LogP contribution is 2.48. The number of hydrogen-bond donors (Lipinski definition) is 2. The number of aliphatic hydroxyl groups excluding tert-OH is 1. The van der Waals surface area contributed by atoms with Gasteiger partial charge in [0.2, 0.25) is 0 Å². The molecule has 2 aromatic heterocycles. The molecular formula is C31H44FN6O9P. The lowest BCUT2D eigenvalue weighted by molar-refractivity contribution is -0.149. The first-order chi connectivity index (χ1) is 22.7. The van der Waals surface area contributed by atoms with E-state index in [1.807, 2.05) is 6.92 Å². The normalized spacial score (nSPS) is 22.8. The highest BCUT2D eigenvalue weighted by molar-refractivity contribution is 7.52. The van der Waals surface area contributed by atoms with E-state index in [4.69, 9.17) is 23.3 Å². The van der Waals surface area contributed by atoms with Crippen LogP contribution in [0.15, 0.2) is 36.7 Å². The number of rotatable bonds is 15. The van der Waals surface area contributed by atoms with E-state index in [1.54, 1.807) is 39.0 Å². The second-order valence-electron chi connectivity index (χ2n) is 12.0. The molecule has 48 heavy (non-hydrogen) atoms. The largest absolute Gasteiger partial charge is 0.462 e. The standard InChI is InChI=1S/C31H44FN6O9P/c1-8-9-13-16-43-30(41)37(7)26-24-27(35-21(5)34-26)38(18-33-24)29-31(6,32)25(39)23(46-29)17-44-48(42,47-22-14-11-10-12-15-22)36-20(4)28(40)45-19(2)3/h10-12,14-15,18-20,23,25,29,39H,8-9,13,16-17H2,1-7H3,(H,36,42)/t20-,23+,25+,29+,31+,48+/m0/s1. The van der Waals surface area contributed by atoms with Crippen LogP contribution in [-0.4, -0.2) is 87.0 Å². The van der Waals surface area contributed by atoms with Crippen LogP contribution in [0, 0.1) is 6.92 Å². The predicted molar refractivity (Wildman–Crippen MR) is 173 cm³/mol. The molecule has 0 unspecified atom stereocenters. The lowest BCUT2D eigenvalue weighted by Gasteiger charge is -2.25. The van der Waals surface area contributed by atoms with Gasteiger partial charge in [-0.3, -0.25) is 18.8 Å². The summed E-state index contributed by atoms with van der Waals surface area (Å²) in [6, 6.07) is 7.00. The lowest BCUT2D eigenvalue weighted by Crippen LogP contribution is -2.41. The number of carbonyl (C=O) groups excluding carboxylic acids is 2. The summed E-state index contributed by atoms with van der Waals surface area (Å²) in [4.78, 5) is 39.6. The molecule has 17 heteroatoms. The molecule has 15 nitrogen and oxygen atoms in total. The topological polar surface area (TPSA) is 176 Å². The molecule has 2 N–H and O–H groups in total. The molecule has 1 fully saturated rings. The number of nitrogens with zero attached hydrogens (tertiary/aromatic N) is 5. The van der Waals surface area contributed by atoms with E-state index in [1.165, 1.54) is 41.9 Å². The van der Waals surface area contributed by atoms with Crippen molar-refractivity contribution in [2.75, 3.05) is 25.2 Å². The summed E-state index contributed by atoms with van der Waals surface area (Å²) in [6.45, 7) is 9.20. The Balaban J connectivity index is 1.56. The van der Waals surface area contributed by atoms with Gasteiger partial charge in [-0.15, -0.1) is 0 Å². The van der Waals surface area contributed by atoms with Crippen LogP contribution < -0.4 is 14.5 Å². The number of carbonyl (C=O) groups is 2. The van der Waals surface area contributed by atoms with Crippen molar-refractivity contribution in [1.82, 2.24) is 24.6 Å². The van der Waals surface area contributed by atoms with Gasteiger partial charge in [-0.25, -0.2) is 28.7 Å². The number of alkyl halides is 1. The van der Waals surface area contributed by atoms with Crippen LogP contribution in [0.2, 0.25) is 0 Å². The number of aromatic nitrogens is 4. The Kier molecular flexibility index (Phi) is 12.1. The molecule has 6 atom stereocenters. The van der Waals surface area contributed by atoms with Crippen molar-refractivity contribution in [3.05, 3.63) is 42.5 Å². The third-order valence-electron chi connectivity index (χ3n) is 7.48. The first kappa shape index (κ1) is 37.1. The number of amides is 1. The molecule has 3 heterocycles. The van der Waals surface area contributed by atoms with Gasteiger partial charge >= 0.3 is 19.8 Å². The van der Waals surface area contributed by atoms with Crippen molar-refractivity contribution in [1.29, 1.82) is 0 Å². The number of nitrogens with one attached hydrogen (secondary N) is 1. The number of benzene rings is 1. The van der Waals surface area contributed by atoms with Crippen molar-refractivity contribution in [2.24, 2.45) is 0 Å². The van der Waals surface area contributed by atoms with Gasteiger partial charge in [0.05, 0.1) is 25.6 Å². The number of anilines is 1. The van der Waals surface area contributed by atoms with E-state index in [9.17, 15) is 19.3 Å². The molecule has 3 aromatic rings. The molecule has 1 saturated heterocycles. The Morgan fingerprint density at radius 1 is 1.21 bits per heavy atom. The number of imidazole rings is 1. The number of hydrogen-bond acceptors (Lipinski definition) is 12. The van der Waals surface area contributed by atoms with Crippen LogP contribution in [-0.2, 0) is 28.1 Å². The summed E-state index contributed by atoms with van der Waals surface area (Å²) < 4.78 is 59.4. The highest BCUT2D eigenvalue weighted by atomic mass is 31.2. The predicted octanol–water partition coefficient (Wildman–Crippen LogP) is 5.02. The third kappa shape index (κ3) is 8.66. The van der Waals surface area contributed by atoms with Gasteiger partial charge in [-0.1, -0.05) is 38.0 Å². The Labute approximate surface area is 278 Å². The van der Waals surface area contributed by atoms with Gasteiger partial charge in [-0.2, -0.15) is 5.09 Å². The van der Waals surface area contributed by atoms with Crippen molar-refractivity contribution < 1.29 is 46.9 Å². The molecule has 0 aliphatic carbocycles. The number of fused-ring (bicyclic) bond motifs is 1. The third-order valence-corrected chi connectivity index (χ3v) is 9.13. The zero-order chi connectivity index (χ0) is 35.2. The molecule has 1 aromatic carbocycles. The van der Waals surface area contributed by atoms with Crippen molar-refractivity contribution in [3.8, 4) is 5.75 Å². The van der Waals surface area contributed by atoms with Crippen LogP contribution in [0.3, 0.4) is 0 Å². The fourth-order valence-electron chi connectivity index (χ4n) is 4.96. The Bertz CT molecular complexity index is 1610. The molecule has 0 bridgehead atoms. The van der Waals surface area contributed by atoms with Crippen LogP contribution >= 0.6 is 7.75 Å². The maximum atomic E-state index is 16.3. The summed E-state index contributed by atoms with van der Waals surface area (Å²) in [7, 11) is -2.85. The van der Waals surface area contributed by atoms with E-state index in [-0.39, 0.29) is 35.2 Å². The van der Waals surface area contributed by atoms with Gasteiger partial charge in [0.15, 0.2) is 28.9 Å². The minimum absolute atomic E-state index is 0.142. The van der Waals surface area contributed by atoms with Gasteiger partial charge < -0.3 is 23.8 Å². The van der Waals surface area contributed by atoms with Gasteiger partial charge in [0, 0.05) is 7.05 Å². The van der Waals surface area contributed by atoms with E-state index < -0.39 is 62.7 Å². The van der Waals surface area contributed by atoms with Crippen LogP contribution in [0.1, 0.15) is 65.9 Å². The summed E-state index contributed by atoms with van der Waals surface area (Å²) in [5, 5.41) is 13.6. The second kappa shape index (κ2) is 15.7. The molecule has 1 amide bonds. The summed E-state index contributed by atoms with van der Waals surface area (Å²) in [6.07, 6.45) is -1.77. The molecule has 1 aliphatic rings.